The van der Waals surface area contributed by atoms with Crippen LogP contribution in [-0.2, 0) is 6.42 Å². The van der Waals surface area contributed by atoms with Crippen LogP contribution in [0.15, 0.2) is 36.4 Å². The summed E-state index contributed by atoms with van der Waals surface area (Å²) < 4.78 is 6.48. The molecular weight excluding hydrogens is 437 g/mol. The second kappa shape index (κ2) is 8.17. The summed E-state index contributed by atoms with van der Waals surface area (Å²) in [5, 5.41) is 11.3. The van der Waals surface area contributed by atoms with Gasteiger partial charge in [0, 0.05) is 54.5 Å². The average Bonchev–Trinajstić information content (AvgIpc) is 3.42. The van der Waals surface area contributed by atoms with Crippen LogP contribution in [0.5, 0.6) is 5.75 Å². The molecule has 3 aliphatic rings. The van der Waals surface area contributed by atoms with E-state index in [4.69, 9.17) is 27.9 Å². The van der Waals surface area contributed by atoms with E-state index < -0.39 is 0 Å². The highest BCUT2D eigenvalue weighted by Gasteiger charge is 2.41. The van der Waals surface area contributed by atoms with Gasteiger partial charge in [-0.05, 0) is 54.8 Å². The summed E-state index contributed by atoms with van der Waals surface area (Å²) in [6, 6.07) is 11.4. The molecule has 2 saturated heterocycles. The van der Waals surface area contributed by atoms with E-state index in [9.17, 15) is 9.90 Å². The Bertz CT molecular complexity index is 1000. The molecule has 31 heavy (non-hydrogen) atoms. The van der Waals surface area contributed by atoms with E-state index in [0.29, 0.717) is 23.1 Å². The largest absolute Gasteiger partial charge is 0.484 e. The van der Waals surface area contributed by atoms with Crippen molar-refractivity contribution < 1.29 is 14.6 Å². The third-order valence-corrected chi connectivity index (χ3v) is 7.11. The molecule has 1 aliphatic carbocycles. The van der Waals surface area contributed by atoms with Gasteiger partial charge in [-0.2, -0.15) is 0 Å². The van der Waals surface area contributed by atoms with Crippen LogP contribution in [0.4, 0.5) is 10.5 Å². The number of ether oxygens (including phenoxy) is 1. The molecule has 0 radical (unpaired) electrons. The van der Waals surface area contributed by atoms with Crippen LogP contribution in [-0.4, -0.2) is 66.3 Å². The minimum Gasteiger partial charge on any atom is -0.484 e. The summed E-state index contributed by atoms with van der Waals surface area (Å²) in [4.78, 5) is 18.0. The summed E-state index contributed by atoms with van der Waals surface area (Å²) in [7, 11) is 1.81. The molecule has 1 N–H and O–H groups in total. The Morgan fingerprint density at radius 2 is 1.87 bits per heavy atom. The average molecular weight is 462 g/mol. The molecule has 164 valence electrons. The number of fused-ring (bicyclic) bond motifs is 1. The lowest BCUT2D eigenvalue weighted by atomic mass is 10.1. The maximum absolute atomic E-state index is 12.3. The Morgan fingerprint density at radius 3 is 2.52 bits per heavy atom. The van der Waals surface area contributed by atoms with Crippen molar-refractivity contribution in [2.45, 2.75) is 31.1 Å². The van der Waals surface area contributed by atoms with Crippen molar-refractivity contribution in [2.75, 3.05) is 38.1 Å². The number of β-amino-alcohol motifs (C(OH)–C–C–N with tert-alkyl or cyclic N) is 1. The number of carbonyl (C=O) groups is 1. The minimum absolute atomic E-state index is 0.00956. The van der Waals surface area contributed by atoms with E-state index in [2.05, 4.69) is 4.90 Å². The first-order valence-corrected chi connectivity index (χ1v) is 11.4. The highest BCUT2D eigenvalue weighted by Crippen LogP contribution is 2.43. The van der Waals surface area contributed by atoms with Crippen molar-refractivity contribution in [1.82, 2.24) is 9.80 Å². The lowest BCUT2D eigenvalue weighted by Crippen LogP contribution is -2.39. The molecule has 2 aromatic rings. The fraction of sp³-hybridized carbons (Fsp3) is 0.435. The number of hydrogen-bond donors (Lipinski definition) is 1. The van der Waals surface area contributed by atoms with Crippen molar-refractivity contribution in [1.29, 1.82) is 0 Å². The molecule has 2 aromatic carbocycles. The molecule has 0 saturated carbocycles. The zero-order valence-electron chi connectivity index (χ0n) is 17.3. The number of halogens is 2. The van der Waals surface area contributed by atoms with Gasteiger partial charge in [0.05, 0.1) is 12.1 Å². The van der Waals surface area contributed by atoms with E-state index in [0.717, 1.165) is 48.5 Å². The van der Waals surface area contributed by atoms with Crippen LogP contribution in [0.2, 0.25) is 10.0 Å². The molecule has 0 aromatic heterocycles. The maximum atomic E-state index is 12.3. The zero-order valence-corrected chi connectivity index (χ0v) is 18.8. The Kier molecular flexibility index (Phi) is 5.51. The van der Waals surface area contributed by atoms with Gasteiger partial charge < -0.3 is 14.7 Å². The van der Waals surface area contributed by atoms with Gasteiger partial charge >= 0.3 is 6.03 Å². The monoisotopic (exact) mass is 461 g/mol. The van der Waals surface area contributed by atoms with Crippen LogP contribution in [0, 0.1) is 0 Å². The van der Waals surface area contributed by atoms with Gasteiger partial charge in [-0.25, -0.2) is 4.79 Å². The smallest absolute Gasteiger partial charge is 0.324 e. The number of benzene rings is 2. The van der Waals surface area contributed by atoms with Crippen molar-refractivity contribution >= 4 is 34.9 Å². The molecule has 3 atom stereocenters. The summed E-state index contributed by atoms with van der Waals surface area (Å²) in [6.07, 6.45) is 0.983. The van der Waals surface area contributed by atoms with Crippen molar-refractivity contribution in [3.8, 4) is 5.75 Å². The third-order valence-electron chi connectivity index (χ3n) is 6.56. The molecule has 2 amide bonds. The number of aliphatic hydroxyl groups excluding tert-OH is 1. The van der Waals surface area contributed by atoms with E-state index in [-0.39, 0.29) is 24.3 Å². The fourth-order valence-corrected chi connectivity index (χ4v) is 5.47. The quantitative estimate of drug-likeness (QED) is 0.747. The zero-order chi connectivity index (χ0) is 21.7. The molecule has 6 nitrogen and oxygen atoms in total. The second-order valence-electron chi connectivity index (χ2n) is 8.55. The first-order chi connectivity index (χ1) is 14.9. The van der Waals surface area contributed by atoms with Gasteiger partial charge in [0.1, 0.15) is 11.9 Å². The van der Waals surface area contributed by atoms with Crippen LogP contribution in [0.3, 0.4) is 0 Å². The number of nitrogens with zero attached hydrogens (tertiary/aromatic N) is 3. The molecule has 5 rings (SSSR count). The van der Waals surface area contributed by atoms with Crippen LogP contribution < -0.4 is 9.64 Å². The third kappa shape index (κ3) is 3.87. The fourth-order valence-electron chi connectivity index (χ4n) is 4.89. The molecule has 1 unspecified atom stereocenters. The van der Waals surface area contributed by atoms with Gasteiger partial charge in [-0.1, -0.05) is 23.2 Å². The number of carbonyl (C=O) groups excluding carboxylic acids is 1. The van der Waals surface area contributed by atoms with Crippen molar-refractivity contribution in [3.05, 3.63) is 57.6 Å². The molecule has 2 heterocycles. The SMILES string of the molecule is CN1CCN(c2ccc(O[C@H]3c4cc(Cl)cc(Cl)c4C[C@@H]3N3CCC(O)C3)cc2)C1=O. The van der Waals surface area contributed by atoms with E-state index in [1.54, 1.807) is 15.9 Å². The standard InChI is InChI=1S/C23H25Cl2N3O3/c1-26-8-9-28(23(26)30)15-2-4-17(5-3-15)31-22-19-10-14(24)11-20(25)18(19)12-21(22)27-7-6-16(29)13-27/h2-5,10-11,16,21-22,29H,6-9,12-13H2,1H3/t16?,21-,22-/m0/s1. The first kappa shape index (κ1) is 20.9. The first-order valence-electron chi connectivity index (χ1n) is 10.6. The topological polar surface area (TPSA) is 56.3 Å². The number of likely N-dealkylation sites (N-methyl/N-ethyl adjacent to an activating group) is 1. The Hall–Kier alpha value is -1.99. The lowest BCUT2D eigenvalue weighted by molar-refractivity contribution is 0.0818. The predicted octanol–water partition coefficient (Wildman–Crippen LogP) is 3.98. The summed E-state index contributed by atoms with van der Waals surface area (Å²) in [5.74, 6) is 0.724. The van der Waals surface area contributed by atoms with E-state index in [1.807, 2.05) is 37.4 Å². The molecule has 2 aliphatic heterocycles. The lowest BCUT2D eigenvalue weighted by Gasteiger charge is -2.30. The van der Waals surface area contributed by atoms with Crippen molar-refractivity contribution in [2.24, 2.45) is 0 Å². The second-order valence-corrected chi connectivity index (χ2v) is 9.40. The van der Waals surface area contributed by atoms with Gasteiger partial charge in [0.15, 0.2) is 0 Å². The Morgan fingerprint density at radius 1 is 1.10 bits per heavy atom. The number of urea groups is 1. The Labute approximate surface area is 191 Å². The summed E-state index contributed by atoms with van der Waals surface area (Å²) in [5.41, 5.74) is 2.92. The molecule has 0 spiro atoms. The van der Waals surface area contributed by atoms with Gasteiger partial charge in [0.2, 0.25) is 0 Å². The number of aliphatic hydroxyl groups is 1. The summed E-state index contributed by atoms with van der Waals surface area (Å²) in [6.45, 7) is 2.87. The molecule has 8 heteroatoms. The number of rotatable bonds is 4. The van der Waals surface area contributed by atoms with E-state index in [1.165, 1.54) is 0 Å². The minimum atomic E-state index is -0.307. The highest BCUT2D eigenvalue weighted by molar-refractivity contribution is 6.35. The maximum Gasteiger partial charge on any atom is 0.324 e. The van der Waals surface area contributed by atoms with Crippen LogP contribution in [0.25, 0.3) is 0 Å². The van der Waals surface area contributed by atoms with E-state index >= 15 is 0 Å². The Balaban J connectivity index is 1.41. The molecule has 0 bridgehead atoms. The highest BCUT2D eigenvalue weighted by atomic mass is 35.5. The number of hydrogen-bond acceptors (Lipinski definition) is 4. The molecular formula is C23H25Cl2N3O3. The van der Waals surface area contributed by atoms with Gasteiger partial charge in [-0.15, -0.1) is 0 Å². The number of likely N-dealkylation sites (tertiary alicyclic amines) is 1. The number of anilines is 1. The van der Waals surface area contributed by atoms with Gasteiger partial charge in [-0.3, -0.25) is 9.80 Å². The predicted molar refractivity (Wildman–Crippen MR) is 121 cm³/mol. The van der Waals surface area contributed by atoms with Crippen LogP contribution >= 0.6 is 23.2 Å². The van der Waals surface area contributed by atoms with Crippen molar-refractivity contribution in [3.63, 3.8) is 0 Å². The normalized spacial score (nSPS) is 26.1. The van der Waals surface area contributed by atoms with Crippen LogP contribution in [0.1, 0.15) is 23.7 Å². The molecule has 2 fully saturated rings. The van der Waals surface area contributed by atoms with Gasteiger partial charge in [0.25, 0.3) is 0 Å². The number of amides is 2. The summed E-state index contributed by atoms with van der Waals surface area (Å²) >= 11 is 12.8.